The first-order valence-electron chi connectivity index (χ1n) is 7.13. The second-order valence-electron chi connectivity index (χ2n) is 4.88. The van der Waals surface area contributed by atoms with Crippen molar-refractivity contribution in [2.45, 2.75) is 25.4 Å². The number of ether oxygens (including phenoxy) is 3. The summed E-state index contributed by atoms with van der Waals surface area (Å²) in [5, 5.41) is 3.04. The van der Waals surface area contributed by atoms with Crippen LogP contribution in [-0.2, 0) is 4.74 Å². The van der Waals surface area contributed by atoms with Gasteiger partial charge in [-0.05, 0) is 31.4 Å². The van der Waals surface area contributed by atoms with Crippen molar-refractivity contribution in [3.63, 3.8) is 0 Å². The maximum Gasteiger partial charge on any atom is 0.193 e. The Morgan fingerprint density at radius 3 is 2.86 bits per heavy atom. The number of methoxy groups -OCH3 is 2. The maximum absolute atomic E-state index is 5.91. The number of rotatable bonds is 6. The van der Waals surface area contributed by atoms with E-state index in [1.807, 2.05) is 18.2 Å². The average Bonchev–Trinajstić information content (AvgIpc) is 3.00. The topological polar surface area (TPSA) is 78.1 Å². The summed E-state index contributed by atoms with van der Waals surface area (Å²) >= 11 is 0. The molecule has 1 aliphatic rings. The number of halogens is 1. The third kappa shape index (κ3) is 5.53. The fourth-order valence-corrected chi connectivity index (χ4v) is 2.29. The van der Waals surface area contributed by atoms with Crippen LogP contribution in [0.5, 0.6) is 11.5 Å². The van der Waals surface area contributed by atoms with Crippen molar-refractivity contribution in [1.29, 1.82) is 0 Å². The lowest BCUT2D eigenvalue weighted by molar-refractivity contribution is 0.106. The molecule has 0 bridgehead atoms. The molecule has 1 aromatic rings. The molecule has 1 aromatic carbocycles. The summed E-state index contributed by atoms with van der Waals surface area (Å²) in [5.41, 5.74) is 6.64. The molecule has 0 saturated carbocycles. The summed E-state index contributed by atoms with van der Waals surface area (Å²) in [7, 11) is 3.22. The van der Waals surface area contributed by atoms with Crippen molar-refractivity contribution in [2.24, 2.45) is 10.7 Å². The van der Waals surface area contributed by atoms with Gasteiger partial charge in [0.25, 0.3) is 0 Å². The molecular weight excluding hydrogens is 397 g/mol. The smallest absolute Gasteiger partial charge is 0.193 e. The first kappa shape index (κ1) is 18.8. The number of nitrogens with two attached hydrogens (primary N) is 1. The monoisotopic (exact) mass is 421 g/mol. The molecule has 0 aliphatic carbocycles. The minimum atomic E-state index is 0. The lowest BCUT2D eigenvalue weighted by atomic mass is 10.2. The van der Waals surface area contributed by atoms with E-state index in [0.29, 0.717) is 24.4 Å². The molecule has 0 radical (unpaired) electrons. The fourth-order valence-electron chi connectivity index (χ4n) is 2.29. The number of benzene rings is 1. The molecule has 1 aliphatic heterocycles. The van der Waals surface area contributed by atoms with Gasteiger partial charge in [-0.3, -0.25) is 4.99 Å². The Kier molecular flexibility index (Phi) is 8.32. The zero-order chi connectivity index (χ0) is 15.1. The normalized spacial score (nSPS) is 17.7. The van der Waals surface area contributed by atoms with Gasteiger partial charge in [-0.25, -0.2) is 0 Å². The van der Waals surface area contributed by atoms with Crippen LogP contribution >= 0.6 is 24.0 Å². The molecule has 1 saturated heterocycles. The maximum atomic E-state index is 5.91. The zero-order valence-corrected chi connectivity index (χ0v) is 15.3. The number of hydrogen-bond acceptors (Lipinski definition) is 4. The molecular formula is C15H24IN3O3. The highest BCUT2D eigenvalue weighted by Gasteiger charge is 2.14. The number of guanidine groups is 1. The van der Waals surface area contributed by atoms with E-state index in [-0.39, 0.29) is 24.0 Å². The highest BCUT2D eigenvalue weighted by atomic mass is 127. The van der Waals surface area contributed by atoms with E-state index in [4.69, 9.17) is 19.9 Å². The van der Waals surface area contributed by atoms with Crippen LogP contribution < -0.4 is 20.5 Å². The van der Waals surface area contributed by atoms with Gasteiger partial charge in [0, 0.05) is 19.2 Å². The Balaban J connectivity index is 0.00000242. The molecule has 0 spiro atoms. The van der Waals surface area contributed by atoms with E-state index in [9.17, 15) is 0 Å². The molecule has 1 unspecified atom stereocenters. The van der Waals surface area contributed by atoms with Crippen molar-refractivity contribution < 1.29 is 14.2 Å². The molecule has 22 heavy (non-hydrogen) atoms. The summed E-state index contributed by atoms with van der Waals surface area (Å²) in [6.07, 6.45) is 3.49. The SMILES string of the molecule is COc1ccc(OC)c(NC(N)=NCCC2CCCO2)c1.I. The Morgan fingerprint density at radius 2 is 2.23 bits per heavy atom. The van der Waals surface area contributed by atoms with Crippen molar-refractivity contribution in [3.8, 4) is 11.5 Å². The van der Waals surface area contributed by atoms with E-state index in [2.05, 4.69) is 10.3 Å². The third-order valence-corrected chi connectivity index (χ3v) is 3.43. The predicted octanol–water partition coefficient (Wildman–Crippen LogP) is 2.62. The summed E-state index contributed by atoms with van der Waals surface area (Å²) in [6, 6.07) is 5.47. The first-order chi connectivity index (χ1) is 10.2. The Hall–Kier alpha value is -1.22. The predicted molar refractivity (Wildman–Crippen MR) is 98.7 cm³/mol. The van der Waals surface area contributed by atoms with Crippen molar-refractivity contribution in [2.75, 3.05) is 32.7 Å². The van der Waals surface area contributed by atoms with Gasteiger partial charge in [0.1, 0.15) is 11.5 Å². The van der Waals surface area contributed by atoms with Crippen LogP contribution in [0.25, 0.3) is 0 Å². The van der Waals surface area contributed by atoms with Gasteiger partial charge in [-0.15, -0.1) is 24.0 Å². The Bertz CT molecular complexity index is 491. The summed E-state index contributed by atoms with van der Waals surface area (Å²) in [4.78, 5) is 4.32. The number of nitrogens with one attached hydrogen (secondary N) is 1. The molecule has 1 heterocycles. The second kappa shape index (κ2) is 9.73. The van der Waals surface area contributed by atoms with Crippen molar-refractivity contribution in [1.82, 2.24) is 0 Å². The van der Waals surface area contributed by atoms with Crippen LogP contribution in [0.1, 0.15) is 19.3 Å². The molecule has 3 N–H and O–H groups in total. The third-order valence-electron chi connectivity index (χ3n) is 3.43. The number of nitrogens with zero attached hydrogens (tertiary/aromatic N) is 1. The van der Waals surface area contributed by atoms with Crippen LogP contribution in [0.2, 0.25) is 0 Å². The van der Waals surface area contributed by atoms with E-state index in [0.717, 1.165) is 37.3 Å². The summed E-state index contributed by atoms with van der Waals surface area (Å²) in [5.74, 6) is 1.78. The number of aliphatic imine (C=N–C) groups is 1. The van der Waals surface area contributed by atoms with E-state index < -0.39 is 0 Å². The Labute approximate surface area is 148 Å². The van der Waals surface area contributed by atoms with Gasteiger partial charge >= 0.3 is 0 Å². The molecule has 0 aromatic heterocycles. The highest BCUT2D eigenvalue weighted by Crippen LogP contribution is 2.28. The lowest BCUT2D eigenvalue weighted by Crippen LogP contribution is -2.23. The van der Waals surface area contributed by atoms with Crippen molar-refractivity contribution in [3.05, 3.63) is 18.2 Å². The van der Waals surface area contributed by atoms with Gasteiger partial charge in [0.15, 0.2) is 5.96 Å². The summed E-state index contributed by atoms with van der Waals surface area (Å²) in [6.45, 7) is 1.51. The molecule has 0 amide bonds. The van der Waals surface area contributed by atoms with Gasteiger partial charge < -0.3 is 25.3 Å². The fraction of sp³-hybridized carbons (Fsp3) is 0.533. The average molecular weight is 421 g/mol. The minimum Gasteiger partial charge on any atom is -0.497 e. The quantitative estimate of drug-likeness (QED) is 0.420. The molecule has 1 fully saturated rings. The molecule has 6 nitrogen and oxygen atoms in total. The molecule has 124 valence electrons. The molecule has 7 heteroatoms. The first-order valence-corrected chi connectivity index (χ1v) is 7.13. The van der Waals surface area contributed by atoms with Gasteiger partial charge in [0.2, 0.25) is 0 Å². The lowest BCUT2D eigenvalue weighted by Gasteiger charge is -2.12. The van der Waals surface area contributed by atoms with Gasteiger partial charge in [-0.2, -0.15) is 0 Å². The highest BCUT2D eigenvalue weighted by molar-refractivity contribution is 14.0. The van der Waals surface area contributed by atoms with Crippen LogP contribution in [0.4, 0.5) is 5.69 Å². The van der Waals surface area contributed by atoms with Crippen LogP contribution in [0.15, 0.2) is 23.2 Å². The van der Waals surface area contributed by atoms with Crippen molar-refractivity contribution >= 4 is 35.6 Å². The zero-order valence-electron chi connectivity index (χ0n) is 13.0. The van der Waals surface area contributed by atoms with E-state index >= 15 is 0 Å². The molecule has 1 atom stereocenters. The minimum absolute atomic E-state index is 0. The van der Waals surface area contributed by atoms with Crippen LogP contribution in [0.3, 0.4) is 0 Å². The van der Waals surface area contributed by atoms with Gasteiger partial charge in [0.05, 0.1) is 26.0 Å². The van der Waals surface area contributed by atoms with Gasteiger partial charge in [-0.1, -0.05) is 0 Å². The summed E-state index contributed by atoms with van der Waals surface area (Å²) < 4.78 is 16.0. The van der Waals surface area contributed by atoms with E-state index in [1.165, 1.54) is 0 Å². The second-order valence-corrected chi connectivity index (χ2v) is 4.88. The van der Waals surface area contributed by atoms with E-state index in [1.54, 1.807) is 14.2 Å². The largest absolute Gasteiger partial charge is 0.497 e. The number of anilines is 1. The molecule has 2 rings (SSSR count). The van der Waals surface area contributed by atoms with Crippen LogP contribution in [0, 0.1) is 0 Å². The standard InChI is InChI=1S/C15H23N3O3.HI/c1-19-12-5-6-14(20-2)13(10-12)18-15(16)17-8-7-11-4-3-9-21-11;/h5-6,10-11H,3-4,7-9H2,1-2H3,(H3,16,17,18);1H. The van der Waals surface area contributed by atoms with Crippen LogP contribution in [-0.4, -0.2) is 39.4 Å². The Morgan fingerprint density at radius 1 is 1.41 bits per heavy atom. The number of hydrogen-bond donors (Lipinski definition) is 2.